The monoisotopic (exact) mass is 251 g/mol. The van der Waals surface area contributed by atoms with Gasteiger partial charge in [-0.25, -0.2) is 0 Å². The second-order valence-corrected chi connectivity index (χ2v) is 5.48. The number of amides is 1. The van der Waals surface area contributed by atoms with Crippen LogP contribution >= 0.6 is 22.7 Å². The third-order valence-electron chi connectivity index (χ3n) is 2.25. The van der Waals surface area contributed by atoms with Crippen LogP contribution in [-0.2, 0) is 6.42 Å². The van der Waals surface area contributed by atoms with Gasteiger partial charge in [-0.3, -0.25) is 4.79 Å². The summed E-state index contributed by atoms with van der Waals surface area (Å²) in [5.74, 6) is 0.0188. The fourth-order valence-electron chi connectivity index (χ4n) is 1.48. The van der Waals surface area contributed by atoms with Crippen LogP contribution in [-0.4, -0.2) is 11.9 Å². The standard InChI is InChI=1S/C12H13NOS2/c1-9(7-11-3-2-5-16-11)13-12(14)10-4-6-15-8-10/h2-6,8-9H,7H2,1H3,(H,13,14). The molecule has 1 atom stereocenters. The van der Waals surface area contributed by atoms with Crippen molar-refractivity contribution in [2.45, 2.75) is 19.4 Å². The van der Waals surface area contributed by atoms with Crippen LogP contribution in [0.25, 0.3) is 0 Å². The zero-order chi connectivity index (χ0) is 11.4. The number of hydrogen-bond acceptors (Lipinski definition) is 3. The molecule has 4 heteroatoms. The molecule has 1 amide bonds. The van der Waals surface area contributed by atoms with Crippen LogP contribution < -0.4 is 5.32 Å². The highest BCUT2D eigenvalue weighted by molar-refractivity contribution is 7.09. The lowest BCUT2D eigenvalue weighted by Gasteiger charge is -2.11. The number of hydrogen-bond donors (Lipinski definition) is 1. The summed E-state index contributed by atoms with van der Waals surface area (Å²) < 4.78 is 0. The zero-order valence-corrected chi connectivity index (χ0v) is 10.6. The summed E-state index contributed by atoms with van der Waals surface area (Å²) in [4.78, 5) is 13.0. The first-order chi connectivity index (χ1) is 7.75. The molecular weight excluding hydrogens is 238 g/mol. The van der Waals surface area contributed by atoms with Gasteiger partial charge in [0.2, 0.25) is 0 Å². The second kappa shape index (κ2) is 5.27. The molecule has 0 saturated heterocycles. The lowest BCUT2D eigenvalue weighted by molar-refractivity contribution is 0.0940. The van der Waals surface area contributed by atoms with Crippen LogP contribution in [0.5, 0.6) is 0 Å². The van der Waals surface area contributed by atoms with Gasteiger partial charge in [0.25, 0.3) is 5.91 Å². The first-order valence-corrected chi connectivity index (χ1v) is 6.93. The molecular formula is C12H13NOS2. The van der Waals surface area contributed by atoms with Crippen LogP contribution in [0.2, 0.25) is 0 Å². The smallest absolute Gasteiger partial charge is 0.252 e. The molecule has 0 fully saturated rings. The van der Waals surface area contributed by atoms with Gasteiger partial charge < -0.3 is 5.32 Å². The third-order valence-corrected chi connectivity index (χ3v) is 3.83. The number of thiophene rings is 2. The summed E-state index contributed by atoms with van der Waals surface area (Å²) in [5, 5.41) is 8.84. The molecule has 2 nitrogen and oxygen atoms in total. The average molecular weight is 251 g/mol. The molecule has 0 aliphatic heterocycles. The Bertz CT molecular complexity index is 434. The maximum atomic E-state index is 11.7. The molecule has 0 aliphatic carbocycles. The Balaban J connectivity index is 1.88. The quantitative estimate of drug-likeness (QED) is 0.888. The highest BCUT2D eigenvalue weighted by Gasteiger charge is 2.10. The van der Waals surface area contributed by atoms with Gasteiger partial charge in [-0.1, -0.05) is 6.07 Å². The van der Waals surface area contributed by atoms with Crippen LogP contribution in [0.3, 0.4) is 0 Å². The van der Waals surface area contributed by atoms with Gasteiger partial charge in [-0.05, 0) is 29.8 Å². The van der Waals surface area contributed by atoms with Gasteiger partial charge in [0.15, 0.2) is 0 Å². The minimum absolute atomic E-state index is 0.0188. The number of carbonyl (C=O) groups excluding carboxylic acids is 1. The average Bonchev–Trinajstić information content (AvgIpc) is 2.88. The first-order valence-electron chi connectivity index (χ1n) is 5.11. The number of nitrogens with one attached hydrogen (secondary N) is 1. The van der Waals surface area contributed by atoms with E-state index >= 15 is 0 Å². The summed E-state index contributed by atoms with van der Waals surface area (Å²) in [6.45, 7) is 2.03. The molecule has 0 spiro atoms. The lowest BCUT2D eigenvalue weighted by atomic mass is 10.2. The van der Waals surface area contributed by atoms with Crippen molar-refractivity contribution in [1.82, 2.24) is 5.32 Å². The molecule has 2 aromatic heterocycles. The van der Waals surface area contributed by atoms with Gasteiger partial charge in [-0.2, -0.15) is 11.3 Å². The minimum atomic E-state index is 0.0188. The molecule has 0 aromatic carbocycles. The fraction of sp³-hybridized carbons (Fsp3) is 0.250. The van der Waals surface area contributed by atoms with Crippen molar-refractivity contribution in [1.29, 1.82) is 0 Å². The van der Waals surface area contributed by atoms with Crippen molar-refractivity contribution in [2.24, 2.45) is 0 Å². The van der Waals surface area contributed by atoms with E-state index in [1.807, 2.05) is 29.8 Å². The highest BCUT2D eigenvalue weighted by atomic mass is 32.1. The Morgan fingerprint density at radius 3 is 2.94 bits per heavy atom. The molecule has 0 saturated carbocycles. The molecule has 0 aliphatic rings. The summed E-state index contributed by atoms with van der Waals surface area (Å²) >= 11 is 3.27. The van der Waals surface area contributed by atoms with E-state index in [2.05, 4.69) is 16.8 Å². The minimum Gasteiger partial charge on any atom is -0.349 e. The van der Waals surface area contributed by atoms with Crippen LogP contribution in [0.15, 0.2) is 34.3 Å². The van der Waals surface area contributed by atoms with Crippen molar-refractivity contribution in [3.63, 3.8) is 0 Å². The predicted octanol–water partition coefficient (Wildman–Crippen LogP) is 3.17. The lowest BCUT2D eigenvalue weighted by Crippen LogP contribution is -2.33. The summed E-state index contributed by atoms with van der Waals surface area (Å²) in [7, 11) is 0. The van der Waals surface area contributed by atoms with Gasteiger partial charge in [-0.15, -0.1) is 11.3 Å². The molecule has 1 unspecified atom stereocenters. The van der Waals surface area contributed by atoms with Gasteiger partial charge >= 0.3 is 0 Å². The Hall–Kier alpha value is -1.13. The van der Waals surface area contributed by atoms with E-state index in [9.17, 15) is 4.79 Å². The molecule has 1 N–H and O–H groups in total. The summed E-state index contributed by atoms with van der Waals surface area (Å²) in [6.07, 6.45) is 0.896. The SMILES string of the molecule is CC(Cc1cccs1)NC(=O)c1ccsc1. The molecule has 2 rings (SSSR count). The van der Waals surface area contributed by atoms with E-state index in [0.29, 0.717) is 0 Å². The van der Waals surface area contributed by atoms with E-state index in [0.717, 1.165) is 12.0 Å². The molecule has 2 heterocycles. The summed E-state index contributed by atoms with van der Waals surface area (Å²) in [5.41, 5.74) is 0.753. The van der Waals surface area contributed by atoms with Gasteiger partial charge in [0, 0.05) is 28.3 Å². The molecule has 0 bridgehead atoms. The van der Waals surface area contributed by atoms with E-state index in [1.54, 1.807) is 22.7 Å². The van der Waals surface area contributed by atoms with E-state index < -0.39 is 0 Å². The highest BCUT2D eigenvalue weighted by Crippen LogP contribution is 2.12. The largest absolute Gasteiger partial charge is 0.349 e. The van der Waals surface area contributed by atoms with Crippen LogP contribution in [0.4, 0.5) is 0 Å². The van der Waals surface area contributed by atoms with Crippen molar-refractivity contribution >= 4 is 28.6 Å². The normalized spacial score (nSPS) is 12.3. The Morgan fingerprint density at radius 2 is 2.31 bits per heavy atom. The maximum Gasteiger partial charge on any atom is 0.252 e. The Labute approximate surface area is 103 Å². The molecule has 16 heavy (non-hydrogen) atoms. The van der Waals surface area contributed by atoms with Gasteiger partial charge in [0.05, 0.1) is 0 Å². The molecule has 2 aromatic rings. The van der Waals surface area contributed by atoms with Crippen molar-refractivity contribution < 1.29 is 4.79 Å². The van der Waals surface area contributed by atoms with Crippen molar-refractivity contribution in [3.8, 4) is 0 Å². The third kappa shape index (κ3) is 2.93. The van der Waals surface area contributed by atoms with Gasteiger partial charge in [0.1, 0.15) is 0 Å². The predicted molar refractivity (Wildman–Crippen MR) is 69.3 cm³/mol. The molecule has 0 radical (unpaired) electrons. The number of carbonyl (C=O) groups is 1. The van der Waals surface area contributed by atoms with Crippen molar-refractivity contribution in [3.05, 3.63) is 44.8 Å². The Kier molecular flexibility index (Phi) is 3.74. The fourth-order valence-corrected chi connectivity index (χ4v) is 2.95. The zero-order valence-electron chi connectivity index (χ0n) is 8.97. The van der Waals surface area contributed by atoms with Crippen LogP contribution in [0, 0.1) is 0 Å². The topological polar surface area (TPSA) is 29.1 Å². The Morgan fingerprint density at radius 1 is 1.44 bits per heavy atom. The maximum absolute atomic E-state index is 11.7. The van der Waals surface area contributed by atoms with E-state index in [4.69, 9.17) is 0 Å². The van der Waals surface area contributed by atoms with E-state index in [-0.39, 0.29) is 11.9 Å². The second-order valence-electron chi connectivity index (χ2n) is 3.67. The first kappa shape index (κ1) is 11.4. The van der Waals surface area contributed by atoms with Crippen molar-refractivity contribution in [2.75, 3.05) is 0 Å². The summed E-state index contributed by atoms with van der Waals surface area (Å²) in [6, 6.07) is 6.15. The molecule has 84 valence electrons. The van der Waals surface area contributed by atoms with Crippen LogP contribution in [0.1, 0.15) is 22.2 Å². The van der Waals surface area contributed by atoms with E-state index in [1.165, 1.54) is 4.88 Å². The number of rotatable bonds is 4.